The summed E-state index contributed by atoms with van der Waals surface area (Å²) in [6, 6.07) is 7.13. The van der Waals surface area contributed by atoms with E-state index in [1.807, 2.05) is 12.1 Å². The molecule has 18 heavy (non-hydrogen) atoms. The fourth-order valence-corrected chi connectivity index (χ4v) is 3.10. The normalized spacial score (nSPS) is 12.5. The molecule has 0 aliphatic heterocycles. The number of benzene rings is 1. The fourth-order valence-electron chi connectivity index (χ4n) is 1.51. The van der Waals surface area contributed by atoms with Gasteiger partial charge in [-0.3, -0.25) is 0 Å². The van der Waals surface area contributed by atoms with Crippen molar-refractivity contribution in [3.63, 3.8) is 0 Å². The molecule has 0 amide bonds. The lowest BCUT2D eigenvalue weighted by molar-refractivity contribution is 0.415. The van der Waals surface area contributed by atoms with E-state index in [0.29, 0.717) is 20.5 Å². The SMILES string of the molecule is COc1cc(Cl)c(C(Br)c2ccc(Br)o2)cc1Cl. The Morgan fingerprint density at radius 3 is 2.50 bits per heavy atom. The molecule has 0 radical (unpaired) electrons. The average molecular weight is 415 g/mol. The topological polar surface area (TPSA) is 22.4 Å². The van der Waals surface area contributed by atoms with Gasteiger partial charge in [0, 0.05) is 11.1 Å². The summed E-state index contributed by atoms with van der Waals surface area (Å²) in [5, 5.41) is 1.07. The van der Waals surface area contributed by atoms with Gasteiger partial charge >= 0.3 is 0 Å². The molecule has 96 valence electrons. The Morgan fingerprint density at radius 2 is 1.94 bits per heavy atom. The lowest BCUT2D eigenvalue weighted by Gasteiger charge is -2.12. The van der Waals surface area contributed by atoms with Crippen LogP contribution in [0.1, 0.15) is 16.2 Å². The molecule has 0 fully saturated rings. The van der Waals surface area contributed by atoms with E-state index >= 15 is 0 Å². The molecule has 0 spiro atoms. The van der Waals surface area contributed by atoms with Crippen LogP contribution in [0.2, 0.25) is 10.0 Å². The van der Waals surface area contributed by atoms with Crippen LogP contribution in [-0.4, -0.2) is 7.11 Å². The molecule has 6 heteroatoms. The quantitative estimate of drug-likeness (QED) is 0.588. The molecule has 1 aromatic carbocycles. The molecule has 1 unspecified atom stereocenters. The Kier molecular flexibility index (Phi) is 4.64. The number of hydrogen-bond acceptors (Lipinski definition) is 2. The Balaban J connectivity index is 2.42. The maximum Gasteiger partial charge on any atom is 0.169 e. The van der Waals surface area contributed by atoms with Crippen LogP contribution in [0.15, 0.2) is 33.4 Å². The molecule has 2 nitrogen and oxygen atoms in total. The third-order valence-corrected chi connectivity index (χ3v) is 4.38. The maximum atomic E-state index is 6.21. The molecule has 1 aromatic heterocycles. The third-order valence-electron chi connectivity index (χ3n) is 2.39. The smallest absolute Gasteiger partial charge is 0.169 e. The van der Waals surface area contributed by atoms with E-state index in [9.17, 15) is 0 Å². The van der Waals surface area contributed by atoms with Gasteiger partial charge in [-0.25, -0.2) is 0 Å². The van der Waals surface area contributed by atoms with Crippen LogP contribution in [-0.2, 0) is 0 Å². The fraction of sp³-hybridized carbons (Fsp3) is 0.167. The van der Waals surface area contributed by atoms with Crippen LogP contribution in [0.3, 0.4) is 0 Å². The molecular formula is C12H8Br2Cl2O2. The van der Waals surface area contributed by atoms with E-state index in [1.165, 1.54) is 0 Å². The van der Waals surface area contributed by atoms with Crippen LogP contribution in [0.25, 0.3) is 0 Å². The number of rotatable bonds is 3. The summed E-state index contributed by atoms with van der Waals surface area (Å²) in [5.41, 5.74) is 0.823. The second kappa shape index (κ2) is 5.87. The lowest BCUT2D eigenvalue weighted by atomic mass is 10.1. The van der Waals surface area contributed by atoms with Gasteiger partial charge in [-0.15, -0.1) is 0 Å². The van der Waals surface area contributed by atoms with Crippen molar-refractivity contribution in [1.29, 1.82) is 0 Å². The zero-order valence-corrected chi connectivity index (χ0v) is 13.9. The number of halogens is 4. The zero-order chi connectivity index (χ0) is 13.3. The van der Waals surface area contributed by atoms with Gasteiger partial charge in [-0.05, 0) is 39.7 Å². The van der Waals surface area contributed by atoms with E-state index < -0.39 is 0 Å². The molecule has 0 aliphatic rings. The average Bonchev–Trinajstić information content (AvgIpc) is 2.77. The van der Waals surface area contributed by atoms with Gasteiger partial charge in [0.25, 0.3) is 0 Å². The van der Waals surface area contributed by atoms with Gasteiger partial charge in [0.1, 0.15) is 11.5 Å². The second-order valence-corrected chi connectivity index (χ2v) is 6.02. The van der Waals surface area contributed by atoms with Gasteiger partial charge in [0.05, 0.1) is 17.0 Å². The molecular weight excluding hydrogens is 407 g/mol. The maximum absolute atomic E-state index is 6.21. The predicted molar refractivity (Wildman–Crippen MR) is 80.2 cm³/mol. The molecule has 1 atom stereocenters. The van der Waals surface area contributed by atoms with Crippen molar-refractivity contribution in [3.05, 3.63) is 50.3 Å². The van der Waals surface area contributed by atoms with E-state index in [2.05, 4.69) is 31.9 Å². The standard InChI is InChI=1S/C12H8Br2Cl2O2/c1-17-10-5-7(15)6(4-8(10)16)12(14)9-2-3-11(13)18-9/h2-5,12H,1H3. The molecule has 0 saturated heterocycles. The zero-order valence-electron chi connectivity index (χ0n) is 9.22. The lowest BCUT2D eigenvalue weighted by Crippen LogP contribution is -1.94. The molecule has 2 rings (SSSR count). The van der Waals surface area contributed by atoms with Crippen molar-refractivity contribution in [2.24, 2.45) is 0 Å². The largest absolute Gasteiger partial charge is 0.495 e. The highest BCUT2D eigenvalue weighted by Crippen LogP contribution is 2.40. The first-order valence-corrected chi connectivity index (χ1v) is 7.41. The summed E-state index contributed by atoms with van der Waals surface area (Å²) in [6.07, 6.45) is 0. The molecule has 2 aromatic rings. The van der Waals surface area contributed by atoms with Crippen LogP contribution in [0, 0.1) is 0 Å². The number of furan rings is 1. The first kappa shape index (κ1) is 14.3. The van der Waals surface area contributed by atoms with Crippen LogP contribution in [0.4, 0.5) is 0 Å². The summed E-state index contributed by atoms with van der Waals surface area (Å²) in [6.45, 7) is 0. The van der Waals surface area contributed by atoms with Gasteiger partial charge < -0.3 is 9.15 Å². The molecule has 0 aliphatic carbocycles. The summed E-state index contributed by atoms with van der Waals surface area (Å²) in [5.74, 6) is 1.29. The van der Waals surface area contributed by atoms with Crippen LogP contribution >= 0.6 is 55.1 Å². The van der Waals surface area contributed by atoms with Crippen molar-refractivity contribution < 1.29 is 9.15 Å². The number of ether oxygens (including phenoxy) is 1. The van der Waals surface area contributed by atoms with Crippen LogP contribution < -0.4 is 4.74 Å². The summed E-state index contributed by atoms with van der Waals surface area (Å²) < 4.78 is 11.3. The van der Waals surface area contributed by atoms with E-state index in [0.717, 1.165) is 11.3 Å². The van der Waals surface area contributed by atoms with E-state index in [4.69, 9.17) is 32.4 Å². The highest BCUT2D eigenvalue weighted by atomic mass is 79.9. The van der Waals surface area contributed by atoms with Gasteiger partial charge in [0.15, 0.2) is 4.67 Å². The molecule has 1 heterocycles. The minimum atomic E-state index is -0.167. The van der Waals surface area contributed by atoms with Crippen molar-refractivity contribution >= 4 is 55.1 Å². The van der Waals surface area contributed by atoms with Crippen molar-refractivity contribution in [1.82, 2.24) is 0 Å². The minimum Gasteiger partial charge on any atom is -0.495 e. The first-order valence-electron chi connectivity index (χ1n) is 4.95. The van der Waals surface area contributed by atoms with Gasteiger partial charge in [-0.2, -0.15) is 0 Å². The predicted octanol–water partition coefficient (Wildman–Crippen LogP) is 5.84. The highest BCUT2D eigenvalue weighted by molar-refractivity contribution is 9.10. The van der Waals surface area contributed by atoms with Gasteiger partial charge in [-0.1, -0.05) is 39.1 Å². The minimum absolute atomic E-state index is 0.167. The summed E-state index contributed by atoms with van der Waals surface area (Å²) >= 11 is 19.1. The third kappa shape index (κ3) is 2.87. The first-order chi connectivity index (χ1) is 8.52. The Labute approximate surface area is 131 Å². The number of alkyl halides is 1. The van der Waals surface area contributed by atoms with Crippen molar-refractivity contribution in [3.8, 4) is 5.75 Å². The Bertz CT molecular complexity index is 569. The second-order valence-electron chi connectivity index (χ2n) is 3.51. The highest BCUT2D eigenvalue weighted by Gasteiger charge is 2.19. The Hall–Kier alpha value is -0.160. The molecule has 0 saturated carbocycles. The van der Waals surface area contributed by atoms with Crippen molar-refractivity contribution in [2.45, 2.75) is 4.83 Å². The Morgan fingerprint density at radius 1 is 1.22 bits per heavy atom. The number of hydrogen-bond donors (Lipinski definition) is 0. The monoisotopic (exact) mass is 412 g/mol. The van der Waals surface area contributed by atoms with Crippen molar-refractivity contribution in [2.75, 3.05) is 7.11 Å². The molecule has 0 N–H and O–H groups in total. The molecule has 0 bridgehead atoms. The van der Waals surface area contributed by atoms with E-state index in [1.54, 1.807) is 19.2 Å². The van der Waals surface area contributed by atoms with Crippen LogP contribution in [0.5, 0.6) is 5.75 Å². The van der Waals surface area contributed by atoms with Gasteiger partial charge in [0.2, 0.25) is 0 Å². The summed E-state index contributed by atoms with van der Waals surface area (Å²) in [4.78, 5) is -0.167. The number of methoxy groups -OCH3 is 1. The summed E-state index contributed by atoms with van der Waals surface area (Å²) in [7, 11) is 1.55. The van der Waals surface area contributed by atoms with E-state index in [-0.39, 0.29) is 4.83 Å².